The van der Waals surface area contributed by atoms with Gasteiger partial charge in [0.25, 0.3) is 0 Å². The number of anilines is 1. The molecule has 2 aromatic rings. The predicted molar refractivity (Wildman–Crippen MR) is 114 cm³/mol. The smallest absolute Gasteiger partial charge is 0.221 e. The summed E-state index contributed by atoms with van der Waals surface area (Å²) in [4.78, 5) is 13.5. The second kappa shape index (κ2) is 9.96. The van der Waals surface area contributed by atoms with E-state index in [1.165, 1.54) is 6.92 Å². The molecule has 1 aliphatic rings. The number of nitrogens with one attached hydrogen (secondary N) is 1. The van der Waals surface area contributed by atoms with Crippen molar-refractivity contribution in [3.05, 3.63) is 53.6 Å². The van der Waals surface area contributed by atoms with Crippen LogP contribution in [0, 0.1) is 0 Å². The van der Waals surface area contributed by atoms with Gasteiger partial charge in [0.15, 0.2) is 0 Å². The number of aliphatic hydroxyl groups is 1. The number of para-hydroxylation sites is 2. The molecule has 3 rings (SSSR count). The van der Waals surface area contributed by atoms with Crippen molar-refractivity contribution in [2.24, 2.45) is 0 Å². The third-order valence-corrected chi connectivity index (χ3v) is 5.28. The minimum absolute atomic E-state index is 0.0761. The van der Waals surface area contributed by atoms with Gasteiger partial charge in [-0.15, -0.1) is 0 Å². The number of amides is 1. The minimum Gasteiger partial charge on any atom is -0.489 e. The lowest BCUT2D eigenvalue weighted by Gasteiger charge is -2.28. The zero-order chi connectivity index (χ0) is 20.8. The molecule has 0 aromatic heterocycles. The van der Waals surface area contributed by atoms with Crippen molar-refractivity contribution in [2.45, 2.75) is 38.5 Å². The molecular weight excluding hydrogens is 392 g/mol. The Bertz CT molecular complexity index is 815. The normalized spacial score (nSPS) is 18.8. The molecule has 1 heterocycles. The summed E-state index contributed by atoms with van der Waals surface area (Å²) in [6.45, 7) is 5.15. The van der Waals surface area contributed by atoms with E-state index < -0.39 is 6.10 Å². The van der Waals surface area contributed by atoms with Gasteiger partial charge < -0.3 is 19.9 Å². The summed E-state index contributed by atoms with van der Waals surface area (Å²) in [5, 5.41) is 14.0. The van der Waals surface area contributed by atoms with Crippen molar-refractivity contribution in [1.82, 2.24) is 4.90 Å². The van der Waals surface area contributed by atoms with Crippen LogP contribution in [0.25, 0.3) is 0 Å². The summed E-state index contributed by atoms with van der Waals surface area (Å²) in [5.74, 6) is 1.17. The number of hydrogen-bond donors (Lipinski definition) is 2. The van der Waals surface area contributed by atoms with E-state index in [4.69, 9.17) is 21.1 Å². The summed E-state index contributed by atoms with van der Waals surface area (Å²) in [6.07, 6.45) is 0.299. The van der Waals surface area contributed by atoms with E-state index >= 15 is 0 Å². The number of ether oxygens (including phenoxy) is 2. The number of aliphatic hydroxyl groups excluding tert-OH is 1. The van der Waals surface area contributed by atoms with Crippen LogP contribution in [0.4, 0.5) is 5.69 Å². The summed E-state index contributed by atoms with van der Waals surface area (Å²) in [5.41, 5.74) is 0.595. The van der Waals surface area contributed by atoms with Gasteiger partial charge in [-0.3, -0.25) is 9.69 Å². The molecule has 2 aromatic carbocycles. The zero-order valence-electron chi connectivity index (χ0n) is 16.7. The number of likely N-dealkylation sites (tertiary alicyclic amines) is 1. The molecule has 1 amide bonds. The van der Waals surface area contributed by atoms with E-state index in [2.05, 4.69) is 10.2 Å². The summed E-state index contributed by atoms with van der Waals surface area (Å²) in [7, 11) is 0. The Labute approximate surface area is 176 Å². The number of halogens is 1. The third kappa shape index (κ3) is 6.10. The molecule has 0 radical (unpaired) electrons. The lowest BCUT2D eigenvalue weighted by molar-refractivity contribution is -0.114. The number of benzene rings is 2. The highest BCUT2D eigenvalue weighted by atomic mass is 35.5. The van der Waals surface area contributed by atoms with E-state index in [0.717, 1.165) is 25.3 Å². The molecule has 29 heavy (non-hydrogen) atoms. The lowest BCUT2D eigenvalue weighted by atomic mass is 10.1. The quantitative estimate of drug-likeness (QED) is 0.685. The van der Waals surface area contributed by atoms with Crippen molar-refractivity contribution >= 4 is 23.2 Å². The minimum atomic E-state index is -0.672. The molecule has 1 saturated heterocycles. The molecule has 2 N–H and O–H groups in total. The van der Waals surface area contributed by atoms with E-state index in [1.807, 2.05) is 43.3 Å². The third-order valence-electron chi connectivity index (χ3n) is 5.03. The molecule has 156 valence electrons. The molecule has 1 aliphatic heterocycles. The number of rotatable bonds is 8. The molecule has 7 heteroatoms. The number of nitrogens with zero attached hydrogens (tertiary/aromatic N) is 1. The molecule has 0 aliphatic carbocycles. The standard InChI is InChI=1S/C22H27ClN2O4/c1-15(21(27)14-28-22-6-4-3-5-20(22)24-16(2)26)25-12-11-19(13-25)29-18-9-7-17(23)8-10-18/h3-10,15,19,21,27H,11-14H2,1-2H3,(H,24,26). The average Bonchev–Trinajstić information content (AvgIpc) is 3.16. The Hall–Kier alpha value is -2.28. The molecule has 0 spiro atoms. The highest BCUT2D eigenvalue weighted by Crippen LogP contribution is 2.25. The van der Waals surface area contributed by atoms with E-state index in [0.29, 0.717) is 16.5 Å². The fraction of sp³-hybridized carbons (Fsp3) is 0.409. The van der Waals surface area contributed by atoms with Crippen LogP contribution < -0.4 is 14.8 Å². The Balaban J connectivity index is 1.50. The van der Waals surface area contributed by atoms with Crippen LogP contribution in [-0.2, 0) is 4.79 Å². The molecule has 0 saturated carbocycles. The molecular formula is C22H27ClN2O4. The van der Waals surface area contributed by atoms with Crippen LogP contribution in [0.3, 0.4) is 0 Å². The van der Waals surface area contributed by atoms with Gasteiger partial charge in [-0.2, -0.15) is 0 Å². The van der Waals surface area contributed by atoms with Crippen molar-refractivity contribution in [2.75, 3.05) is 25.0 Å². The van der Waals surface area contributed by atoms with Crippen molar-refractivity contribution in [1.29, 1.82) is 0 Å². The number of hydrogen-bond acceptors (Lipinski definition) is 5. The Kier molecular flexibility index (Phi) is 7.36. The van der Waals surface area contributed by atoms with E-state index in [-0.39, 0.29) is 24.7 Å². The maximum atomic E-state index is 11.3. The first-order valence-electron chi connectivity index (χ1n) is 9.76. The van der Waals surface area contributed by atoms with Crippen molar-refractivity contribution in [3.63, 3.8) is 0 Å². The second-order valence-electron chi connectivity index (χ2n) is 7.27. The summed E-state index contributed by atoms with van der Waals surface area (Å²) in [6, 6.07) is 14.5. The summed E-state index contributed by atoms with van der Waals surface area (Å²) < 4.78 is 11.8. The first-order valence-corrected chi connectivity index (χ1v) is 10.1. The molecule has 3 atom stereocenters. The van der Waals surface area contributed by atoms with Gasteiger partial charge in [-0.05, 0) is 49.7 Å². The van der Waals surface area contributed by atoms with Crippen LogP contribution in [-0.4, -0.2) is 53.9 Å². The van der Waals surface area contributed by atoms with Crippen LogP contribution in [0.1, 0.15) is 20.3 Å². The maximum absolute atomic E-state index is 11.3. The van der Waals surface area contributed by atoms with Crippen LogP contribution >= 0.6 is 11.6 Å². The summed E-state index contributed by atoms with van der Waals surface area (Å²) >= 11 is 5.91. The number of carbonyl (C=O) groups is 1. The van der Waals surface area contributed by atoms with E-state index in [9.17, 15) is 9.90 Å². The van der Waals surface area contributed by atoms with Crippen molar-refractivity contribution < 1.29 is 19.4 Å². The molecule has 3 unspecified atom stereocenters. The lowest BCUT2D eigenvalue weighted by Crippen LogP contribution is -2.43. The van der Waals surface area contributed by atoms with Gasteiger partial charge in [0.2, 0.25) is 5.91 Å². The Morgan fingerprint density at radius 1 is 1.28 bits per heavy atom. The maximum Gasteiger partial charge on any atom is 0.221 e. The van der Waals surface area contributed by atoms with Gasteiger partial charge in [-0.25, -0.2) is 0 Å². The SMILES string of the molecule is CC(=O)Nc1ccccc1OCC(O)C(C)N1CCC(Oc2ccc(Cl)cc2)C1. The zero-order valence-corrected chi connectivity index (χ0v) is 17.4. The first-order chi connectivity index (χ1) is 13.9. The highest BCUT2D eigenvalue weighted by molar-refractivity contribution is 6.30. The van der Waals surface area contributed by atoms with Gasteiger partial charge >= 0.3 is 0 Å². The number of carbonyl (C=O) groups excluding carboxylic acids is 1. The monoisotopic (exact) mass is 418 g/mol. The largest absolute Gasteiger partial charge is 0.489 e. The topological polar surface area (TPSA) is 71.0 Å². The van der Waals surface area contributed by atoms with Crippen molar-refractivity contribution in [3.8, 4) is 11.5 Å². The van der Waals surface area contributed by atoms with Crippen LogP contribution in [0.15, 0.2) is 48.5 Å². The Morgan fingerprint density at radius 2 is 2.00 bits per heavy atom. The highest BCUT2D eigenvalue weighted by Gasteiger charge is 2.31. The van der Waals surface area contributed by atoms with Gasteiger partial charge in [0, 0.05) is 31.1 Å². The first kappa shape index (κ1) is 21.4. The average molecular weight is 419 g/mol. The van der Waals surface area contributed by atoms with Gasteiger partial charge in [0.05, 0.1) is 5.69 Å². The fourth-order valence-electron chi connectivity index (χ4n) is 3.37. The predicted octanol–water partition coefficient (Wildman–Crippen LogP) is 3.58. The fourth-order valence-corrected chi connectivity index (χ4v) is 3.49. The molecule has 0 bridgehead atoms. The van der Waals surface area contributed by atoms with Crippen LogP contribution in [0.2, 0.25) is 5.02 Å². The van der Waals surface area contributed by atoms with Gasteiger partial charge in [-0.1, -0.05) is 23.7 Å². The second-order valence-corrected chi connectivity index (χ2v) is 7.71. The molecule has 6 nitrogen and oxygen atoms in total. The molecule has 1 fully saturated rings. The van der Waals surface area contributed by atoms with E-state index in [1.54, 1.807) is 12.1 Å². The van der Waals surface area contributed by atoms with Crippen LogP contribution in [0.5, 0.6) is 11.5 Å². The van der Waals surface area contributed by atoms with Gasteiger partial charge in [0.1, 0.15) is 30.3 Å². The Morgan fingerprint density at radius 3 is 2.72 bits per heavy atom.